The summed E-state index contributed by atoms with van der Waals surface area (Å²) in [6.45, 7) is 2.34. The van der Waals surface area contributed by atoms with Gasteiger partial charge in [-0.2, -0.15) is 5.26 Å². The Hall–Kier alpha value is -3.14. The maximum absolute atomic E-state index is 13.1. The van der Waals surface area contributed by atoms with Gasteiger partial charge in [-0.15, -0.1) is 0 Å². The number of rotatable bonds is 7. The molecule has 0 saturated heterocycles. The van der Waals surface area contributed by atoms with Crippen LogP contribution in [0.25, 0.3) is 0 Å². The van der Waals surface area contributed by atoms with E-state index in [1.807, 2.05) is 18.2 Å². The molecule has 0 N–H and O–H groups in total. The second-order valence-corrected chi connectivity index (χ2v) is 7.62. The van der Waals surface area contributed by atoms with Crippen molar-refractivity contribution in [3.8, 4) is 6.07 Å². The lowest BCUT2D eigenvalue weighted by Gasteiger charge is -2.34. The number of ether oxygens (including phenoxy) is 2. The van der Waals surface area contributed by atoms with Crippen molar-refractivity contribution in [2.24, 2.45) is 0 Å². The summed E-state index contributed by atoms with van der Waals surface area (Å²) in [5.41, 5.74) is 2.97. The first kappa shape index (κ1) is 22.5. The van der Waals surface area contributed by atoms with Gasteiger partial charge in [0.2, 0.25) is 5.91 Å². The van der Waals surface area contributed by atoms with Crippen LogP contribution in [-0.4, -0.2) is 37.1 Å². The number of nitrogens with zero attached hydrogens (tertiary/aromatic N) is 2. The highest BCUT2D eigenvalue weighted by atomic mass is 35.5. The summed E-state index contributed by atoms with van der Waals surface area (Å²) in [6.07, 6.45) is 0.113. The fourth-order valence-corrected chi connectivity index (χ4v) is 3.81. The number of amides is 1. The van der Waals surface area contributed by atoms with Crippen LogP contribution in [0.5, 0.6) is 0 Å². The molecule has 0 spiro atoms. The van der Waals surface area contributed by atoms with E-state index >= 15 is 0 Å². The summed E-state index contributed by atoms with van der Waals surface area (Å²) in [7, 11) is 1.53. The summed E-state index contributed by atoms with van der Waals surface area (Å²) >= 11 is 6.01. The van der Waals surface area contributed by atoms with Gasteiger partial charge in [-0.3, -0.25) is 4.79 Å². The minimum Gasteiger partial charge on any atom is -0.460 e. The van der Waals surface area contributed by atoms with E-state index in [0.29, 0.717) is 21.9 Å². The Bertz CT molecular complexity index is 1040. The van der Waals surface area contributed by atoms with Crippen molar-refractivity contribution in [2.75, 3.05) is 20.3 Å². The summed E-state index contributed by atoms with van der Waals surface area (Å²) in [6, 6.07) is 16.4. The number of halogens is 1. The molecule has 1 amide bonds. The number of carbonyl (C=O) groups is 2. The van der Waals surface area contributed by atoms with E-state index in [2.05, 4.69) is 6.07 Å². The molecular formula is C24H23ClN2O4. The van der Waals surface area contributed by atoms with Crippen molar-refractivity contribution in [3.05, 3.63) is 81.5 Å². The van der Waals surface area contributed by atoms with Crippen LogP contribution >= 0.6 is 11.6 Å². The normalized spacial score (nSPS) is 16.3. The maximum Gasteiger partial charge on any atom is 0.336 e. The van der Waals surface area contributed by atoms with Crippen molar-refractivity contribution < 1.29 is 19.1 Å². The van der Waals surface area contributed by atoms with Gasteiger partial charge in [0.15, 0.2) is 0 Å². The Balaban J connectivity index is 2.01. The van der Waals surface area contributed by atoms with Crippen LogP contribution in [0.4, 0.5) is 0 Å². The minimum absolute atomic E-state index is 0.113. The Morgan fingerprint density at radius 1 is 1.19 bits per heavy atom. The molecule has 0 radical (unpaired) electrons. The van der Waals surface area contributed by atoms with Gasteiger partial charge in [0.1, 0.15) is 6.61 Å². The molecule has 160 valence electrons. The first-order chi connectivity index (χ1) is 15.0. The predicted molar refractivity (Wildman–Crippen MR) is 116 cm³/mol. The number of methoxy groups -OCH3 is 1. The Morgan fingerprint density at radius 3 is 2.58 bits per heavy atom. The molecule has 0 fully saturated rings. The van der Waals surface area contributed by atoms with Gasteiger partial charge in [-0.05, 0) is 36.2 Å². The zero-order chi connectivity index (χ0) is 22.4. The first-order valence-corrected chi connectivity index (χ1v) is 10.2. The second-order valence-electron chi connectivity index (χ2n) is 7.18. The third-order valence-electron chi connectivity index (χ3n) is 5.30. The van der Waals surface area contributed by atoms with E-state index in [1.165, 1.54) is 7.11 Å². The number of nitriles is 1. The van der Waals surface area contributed by atoms with Crippen LogP contribution < -0.4 is 0 Å². The molecule has 2 aromatic rings. The van der Waals surface area contributed by atoms with Crippen molar-refractivity contribution >= 4 is 23.5 Å². The molecule has 0 aliphatic carbocycles. The highest BCUT2D eigenvalue weighted by Gasteiger charge is 2.37. The topological polar surface area (TPSA) is 79.6 Å². The van der Waals surface area contributed by atoms with E-state index in [0.717, 1.165) is 11.1 Å². The van der Waals surface area contributed by atoms with Gasteiger partial charge < -0.3 is 14.4 Å². The molecule has 0 aromatic heterocycles. The molecule has 1 atom stereocenters. The molecule has 3 rings (SSSR count). The largest absolute Gasteiger partial charge is 0.460 e. The fraction of sp³-hybridized carbons (Fsp3) is 0.292. The zero-order valence-corrected chi connectivity index (χ0v) is 18.2. The Kier molecular flexibility index (Phi) is 7.45. The number of benzene rings is 2. The fourth-order valence-electron chi connectivity index (χ4n) is 3.68. The quantitative estimate of drug-likeness (QED) is 0.478. The highest BCUT2D eigenvalue weighted by molar-refractivity contribution is 6.30. The summed E-state index contributed by atoms with van der Waals surface area (Å²) in [5, 5.41) is 9.97. The summed E-state index contributed by atoms with van der Waals surface area (Å²) in [5.74, 6) is -1.05. The Morgan fingerprint density at radius 2 is 1.90 bits per heavy atom. The van der Waals surface area contributed by atoms with Crippen LogP contribution in [-0.2, 0) is 25.6 Å². The van der Waals surface area contributed by atoms with Crippen LogP contribution in [0.2, 0.25) is 5.02 Å². The smallest absolute Gasteiger partial charge is 0.336 e. The predicted octanol–water partition coefficient (Wildman–Crippen LogP) is 4.19. The van der Waals surface area contributed by atoms with Crippen LogP contribution in [0.1, 0.15) is 36.0 Å². The molecule has 0 bridgehead atoms. The van der Waals surface area contributed by atoms with Crippen molar-refractivity contribution in [1.29, 1.82) is 5.26 Å². The average Bonchev–Trinajstić information content (AvgIpc) is 2.77. The zero-order valence-electron chi connectivity index (χ0n) is 17.4. The van der Waals surface area contributed by atoms with Crippen molar-refractivity contribution in [1.82, 2.24) is 4.90 Å². The molecule has 1 aliphatic heterocycles. The van der Waals surface area contributed by atoms with Crippen LogP contribution in [0.3, 0.4) is 0 Å². The number of hydrogen-bond acceptors (Lipinski definition) is 5. The van der Waals surface area contributed by atoms with E-state index in [9.17, 15) is 14.9 Å². The van der Waals surface area contributed by atoms with Crippen LogP contribution in [0, 0.1) is 11.3 Å². The van der Waals surface area contributed by atoms with Crippen LogP contribution in [0.15, 0.2) is 59.8 Å². The average molecular weight is 439 g/mol. The monoisotopic (exact) mass is 438 g/mol. The van der Waals surface area contributed by atoms with Gasteiger partial charge in [-0.25, -0.2) is 4.79 Å². The van der Waals surface area contributed by atoms with Gasteiger partial charge in [0, 0.05) is 30.2 Å². The SMILES string of the molecule is COCCOC(=O)C1=C(C)N(Cc2ccccc2C#N)C(=O)CC1c1ccc(Cl)cc1. The molecule has 6 nitrogen and oxygen atoms in total. The minimum atomic E-state index is -0.486. The Labute approximate surface area is 186 Å². The summed E-state index contributed by atoms with van der Waals surface area (Å²) < 4.78 is 10.4. The number of carbonyl (C=O) groups excluding carboxylic acids is 2. The molecule has 0 saturated carbocycles. The molecule has 7 heteroatoms. The van der Waals surface area contributed by atoms with Gasteiger partial charge in [0.05, 0.1) is 30.4 Å². The molecule has 2 aromatic carbocycles. The molecule has 1 unspecified atom stereocenters. The van der Waals surface area contributed by atoms with Gasteiger partial charge in [-0.1, -0.05) is 41.9 Å². The van der Waals surface area contributed by atoms with E-state index in [1.54, 1.807) is 42.2 Å². The standard InChI is InChI=1S/C24H23ClN2O4/c1-16-23(24(29)31-12-11-30-2)21(17-7-9-20(25)10-8-17)13-22(28)27(16)15-19-6-4-3-5-18(19)14-26/h3-10,21H,11-13,15H2,1-2H3. The number of hydrogen-bond donors (Lipinski definition) is 0. The summed E-state index contributed by atoms with van der Waals surface area (Å²) in [4.78, 5) is 27.7. The number of allylic oxidation sites excluding steroid dienone is 1. The lowest BCUT2D eigenvalue weighted by Crippen LogP contribution is -2.38. The lowest BCUT2D eigenvalue weighted by atomic mass is 9.83. The van der Waals surface area contributed by atoms with Gasteiger partial charge in [0.25, 0.3) is 0 Å². The molecule has 1 heterocycles. The van der Waals surface area contributed by atoms with Crippen molar-refractivity contribution in [2.45, 2.75) is 25.8 Å². The lowest BCUT2D eigenvalue weighted by molar-refractivity contribution is -0.141. The highest BCUT2D eigenvalue weighted by Crippen LogP contribution is 2.38. The third kappa shape index (κ3) is 5.13. The molecule has 1 aliphatic rings. The first-order valence-electron chi connectivity index (χ1n) is 9.87. The van der Waals surface area contributed by atoms with E-state index in [-0.39, 0.29) is 32.1 Å². The molecule has 31 heavy (non-hydrogen) atoms. The second kappa shape index (κ2) is 10.3. The van der Waals surface area contributed by atoms with Gasteiger partial charge >= 0.3 is 5.97 Å². The van der Waals surface area contributed by atoms with E-state index in [4.69, 9.17) is 21.1 Å². The van der Waals surface area contributed by atoms with Crippen molar-refractivity contribution in [3.63, 3.8) is 0 Å². The third-order valence-corrected chi connectivity index (χ3v) is 5.55. The van der Waals surface area contributed by atoms with E-state index < -0.39 is 11.9 Å². The maximum atomic E-state index is 13.1. The number of esters is 1. The molecular weight excluding hydrogens is 416 g/mol.